The number of methoxy groups -OCH3 is 1. The summed E-state index contributed by atoms with van der Waals surface area (Å²) < 4.78 is 4.70. The lowest BCUT2D eigenvalue weighted by Crippen LogP contribution is -2.18. The standard InChI is InChI=1S/C10H11NO2/c1-13-7-9(11)10(12)8-5-3-2-4-6-8/h2-6,11H,7H2,1H3. The van der Waals surface area contributed by atoms with Gasteiger partial charge in [0.15, 0.2) is 0 Å². The van der Waals surface area contributed by atoms with Crippen molar-refractivity contribution in [2.45, 2.75) is 0 Å². The second kappa shape index (κ2) is 4.52. The highest BCUT2D eigenvalue weighted by Gasteiger charge is 2.10. The number of hydrogen-bond acceptors (Lipinski definition) is 3. The fraction of sp³-hybridized carbons (Fsp3) is 0.200. The molecule has 0 aromatic heterocycles. The van der Waals surface area contributed by atoms with Crippen molar-refractivity contribution in [2.75, 3.05) is 13.7 Å². The second-order valence-electron chi connectivity index (χ2n) is 2.61. The predicted octanol–water partition coefficient (Wildman–Crippen LogP) is 1.54. The molecule has 0 radical (unpaired) electrons. The summed E-state index contributed by atoms with van der Waals surface area (Å²) in [6.45, 7) is 0.0632. The molecule has 0 saturated heterocycles. The summed E-state index contributed by atoms with van der Waals surface area (Å²) in [6.07, 6.45) is 0. The molecule has 0 saturated carbocycles. The molecule has 0 heterocycles. The highest BCUT2D eigenvalue weighted by molar-refractivity contribution is 6.45. The zero-order chi connectivity index (χ0) is 9.68. The first-order valence-electron chi connectivity index (χ1n) is 3.92. The molecule has 1 N–H and O–H groups in total. The van der Waals surface area contributed by atoms with Crippen LogP contribution in [0.25, 0.3) is 0 Å². The van der Waals surface area contributed by atoms with E-state index in [9.17, 15) is 4.79 Å². The third-order valence-electron chi connectivity index (χ3n) is 1.60. The van der Waals surface area contributed by atoms with Gasteiger partial charge in [0.25, 0.3) is 0 Å². The van der Waals surface area contributed by atoms with Crippen LogP contribution >= 0.6 is 0 Å². The van der Waals surface area contributed by atoms with E-state index in [4.69, 9.17) is 10.1 Å². The molecule has 0 bridgehead atoms. The SMILES string of the molecule is COCC(=N)C(=O)c1ccccc1. The molecule has 0 atom stereocenters. The summed E-state index contributed by atoms with van der Waals surface area (Å²) in [5, 5.41) is 7.36. The van der Waals surface area contributed by atoms with Crippen LogP contribution in [0.1, 0.15) is 10.4 Å². The van der Waals surface area contributed by atoms with Crippen LogP contribution in [0.5, 0.6) is 0 Å². The maximum Gasteiger partial charge on any atom is 0.208 e. The van der Waals surface area contributed by atoms with Gasteiger partial charge in [-0.05, 0) is 0 Å². The molecule has 1 rings (SSSR count). The van der Waals surface area contributed by atoms with Crippen LogP contribution in [0.2, 0.25) is 0 Å². The van der Waals surface area contributed by atoms with Crippen LogP contribution in [0.3, 0.4) is 0 Å². The molecule has 1 aromatic carbocycles. The molecule has 0 aliphatic heterocycles. The highest BCUT2D eigenvalue weighted by atomic mass is 16.5. The van der Waals surface area contributed by atoms with Crippen molar-refractivity contribution in [3.63, 3.8) is 0 Å². The molecule has 3 heteroatoms. The van der Waals surface area contributed by atoms with Crippen molar-refractivity contribution in [1.29, 1.82) is 5.41 Å². The zero-order valence-corrected chi connectivity index (χ0v) is 7.41. The molecule has 3 nitrogen and oxygen atoms in total. The monoisotopic (exact) mass is 177 g/mol. The Hall–Kier alpha value is -1.48. The first-order valence-corrected chi connectivity index (χ1v) is 3.92. The van der Waals surface area contributed by atoms with E-state index in [1.165, 1.54) is 7.11 Å². The second-order valence-corrected chi connectivity index (χ2v) is 2.61. The summed E-state index contributed by atoms with van der Waals surface area (Å²) in [5.41, 5.74) is 0.512. The van der Waals surface area contributed by atoms with E-state index >= 15 is 0 Å². The molecule has 0 fully saturated rings. The van der Waals surface area contributed by atoms with Crippen molar-refractivity contribution in [2.24, 2.45) is 0 Å². The normalized spacial score (nSPS) is 9.62. The average Bonchev–Trinajstić information content (AvgIpc) is 2.18. The number of benzene rings is 1. The minimum atomic E-state index is -0.276. The Kier molecular flexibility index (Phi) is 3.34. The zero-order valence-electron chi connectivity index (χ0n) is 7.41. The molecule has 13 heavy (non-hydrogen) atoms. The van der Waals surface area contributed by atoms with E-state index in [-0.39, 0.29) is 18.1 Å². The molecule has 68 valence electrons. The van der Waals surface area contributed by atoms with Crippen molar-refractivity contribution in [1.82, 2.24) is 0 Å². The Morgan fingerprint density at radius 2 is 2.00 bits per heavy atom. The molecule has 1 aromatic rings. The molecule has 0 amide bonds. The van der Waals surface area contributed by atoms with Crippen LogP contribution in [-0.4, -0.2) is 25.2 Å². The van der Waals surface area contributed by atoms with Gasteiger partial charge in [-0.3, -0.25) is 10.2 Å². The lowest BCUT2D eigenvalue weighted by Gasteiger charge is -2.00. The highest BCUT2D eigenvalue weighted by Crippen LogP contribution is 2.00. The summed E-state index contributed by atoms with van der Waals surface area (Å²) in [5.74, 6) is -0.276. The lowest BCUT2D eigenvalue weighted by molar-refractivity contribution is 0.105. The van der Waals surface area contributed by atoms with E-state index < -0.39 is 0 Å². The largest absolute Gasteiger partial charge is 0.378 e. The molecule has 0 aliphatic carbocycles. The van der Waals surface area contributed by atoms with Crippen molar-refractivity contribution >= 4 is 11.5 Å². The van der Waals surface area contributed by atoms with Gasteiger partial charge in [-0.25, -0.2) is 0 Å². The van der Waals surface area contributed by atoms with Gasteiger partial charge < -0.3 is 4.74 Å². The Morgan fingerprint density at radius 3 is 2.54 bits per heavy atom. The summed E-state index contributed by atoms with van der Waals surface area (Å²) in [7, 11) is 1.47. The van der Waals surface area contributed by atoms with Crippen molar-refractivity contribution in [3.8, 4) is 0 Å². The maximum atomic E-state index is 11.4. The van der Waals surface area contributed by atoms with Gasteiger partial charge in [0.05, 0.1) is 6.61 Å². The van der Waals surface area contributed by atoms with Gasteiger partial charge in [-0.2, -0.15) is 0 Å². The van der Waals surface area contributed by atoms with Crippen LogP contribution < -0.4 is 0 Å². The van der Waals surface area contributed by atoms with Gasteiger partial charge in [0.1, 0.15) is 5.71 Å². The number of rotatable bonds is 4. The van der Waals surface area contributed by atoms with Gasteiger partial charge in [-0.1, -0.05) is 30.3 Å². The number of hydrogen-bond donors (Lipinski definition) is 1. The Bertz CT molecular complexity index is 306. The van der Waals surface area contributed by atoms with Gasteiger partial charge >= 0.3 is 0 Å². The molecule has 0 aliphatic rings. The van der Waals surface area contributed by atoms with E-state index in [1.54, 1.807) is 24.3 Å². The molecular weight excluding hydrogens is 166 g/mol. The minimum Gasteiger partial charge on any atom is -0.378 e. The lowest BCUT2D eigenvalue weighted by atomic mass is 10.1. The predicted molar refractivity (Wildman–Crippen MR) is 50.4 cm³/mol. The van der Waals surface area contributed by atoms with Crippen molar-refractivity contribution < 1.29 is 9.53 Å². The average molecular weight is 177 g/mol. The number of carbonyl (C=O) groups excluding carboxylic acids is 1. The first kappa shape index (κ1) is 9.61. The Balaban J connectivity index is 2.74. The van der Waals surface area contributed by atoms with Crippen molar-refractivity contribution in [3.05, 3.63) is 35.9 Å². The van der Waals surface area contributed by atoms with Crippen LogP contribution in [-0.2, 0) is 4.74 Å². The summed E-state index contributed by atoms with van der Waals surface area (Å²) >= 11 is 0. The maximum absolute atomic E-state index is 11.4. The fourth-order valence-corrected chi connectivity index (χ4v) is 0.974. The number of nitrogens with one attached hydrogen (secondary N) is 1. The van der Waals surface area contributed by atoms with E-state index in [0.29, 0.717) is 5.56 Å². The topological polar surface area (TPSA) is 50.1 Å². The Labute approximate surface area is 76.9 Å². The number of ether oxygens (including phenoxy) is 1. The van der Waals surface area contributed by atoms with Gasteiger partial charge in [0.2, 0.25) is 5.78 Å². The quantitative estimate of drug-likeness (QED) is 0.560. The number of Topliss-reactive ketones (excluding diaryl/α,β-unsaturated/α-hetero) is 1. The smallest absolute Gasteiger partial charge is 0.208 e. The summed E-state index contributed by atoms with van der Waals surface area (Å²) in [4.78, 5) is 11.4. The van der Waals surface area contributed by atoms with Gasteiger partial charge in [-0.15, -0.1) is 0 Å². The summed E-state index contributed by atoms with van der Waals surface area (Å²) in [6, 6.07) is 8.75. The fourth-order valence-electron chi connectivity index (χ4n) is 0.974. The number of carbonyl (C=O) groups is 1. The first-order chi connectivity index (χ1) is 6.25. The minimum absolute atomic E-state index is 0.0197. The van der Waals surface area contributed by atoms with E-state index in [1.807, 2.05) is 6.07 Å². The van der Waals surface area contributed by atoms with Gasteiger partial charge in [0, 0.05) is 12.7 Å². The third kappa shape index (κ3) is 2.49. The molecule has 0 unspecified atom stereocenters. The van der Waals surface area contributed by atoms with E-state index in [0.717, 1.165) is 0 Å². The third-order valence-corrected chi connectivity index (χ3v) is 1.60. The molecule has 0 spiro atoms. The van der Waals surface area contributed by atoms with Crippen LogP contribution in [0.15, 0.2) is 30.3 Å². The molecular formula is C10H11NO2. The van der Waals surface area contributed by atoms with Crippen LogP contribution in [0, 0.1) is 5.41 Å². The van der Waals surface area contributed by atoms with E-state index in [2.05, 4.69) is 0 Å². The van der Waals surface area contributed by atoms with Crippen LogP contribution in [0.4, 0.5) is 0 Å². The Morgan fingerprint density at radius 1 is 1.38 bits per heavy atom. The number of ketones is 1.